The first-order valence-electron chi connectivity index (χ1n) is 10.6. The summed E-state index contributed by atoms with van der Waals surface area (Å²) in [6.07, 6.45) is 15.8. The van der Waals surface area contributed by atoms with E-state index in [-0.39, 0.29) is 5.78 Å². The lowest BCUT2D eigenvalue weighted by Gasteiger charge is -2.30. The Labute approximate surface area is 176 Å². The molecule has 3 heterocycles. The van der Waals surface area contributed by atoms with Crippen molar-refractivity contribution in [1.82, 2.24) is 9.88 Å². The van der Waals surface area contributed by atoms with E-state index >= 15 is 0 Å². The van der Waals surface area contributed by atoms with Gasteiger partial charge < -0.3 is 10.2 Å². The Morgan fingerprint density at radius 3 is 2.62 bits per heavy atom. The third-order valence-corrected chi connectivity index (χ3v) is 6.42. The van der Waals surface area contributed by atoms with Gasteiger partial charge in [0.05, 0.1) is 23.8 Å². The first-order valence-corrected chi connectivity index (χ1v) is 11.0. The fourth-order valence-electron chi connectivity index (χ4n) is 4.57. The number of pyridine rings is 1. The van der Waals surface area contributed by atoms with E-state index in [1.54, 1.807) is 12.3 Å². The van der Waals surface area contributed by atoms with E-state index in [0.29, 0.717) is 17.0 Å². The van der Waals surface area contributed by atoms with Gasteiger partial charge >= 0.3 is 0 Å². The topological polar surface area (TPSA) is 57.6 Å². The summed E-state index contributed by atoms with van der Waals surface area (Å²) in [5, 5.41) is 3.82. The van der Waals surface area contributed by atoms with Gasteiger partial charge in [-0.05, 0) is 61.3 Å². The normalized spacial score (nSPS) is 22.8. The molecule has 2 aliphatic heterocycles. The van der Waals surface area contributed by atoms with Crippen molar-refractivity contribution in [2.75, 3.05) is 11.9 Å². The SMILES string of the molecule is O=C1C=C(C2CC2)CN2C=C(Nc3ccc(Cl)nc3)C=NC2=C1C1CCCCC1. The van der Waals surface area contributed by atoms with Crippen LogP contribution in [0.1, 0.15) is 44.9 Å². The summed E-state index contributed by atoms with van der Waals surface area (Å²) in [4.78, 5) is 24.3. The highest BCUT2D eigenvalue weighted by Crippen LogP contribution is 2.41. The van der Waals surface area contributed by atoms with Crippen LogP contribution in [-0.4, -0.2) is 28.4 Å². The van der Waals surface area contributed by atoms with Crippen LogP contribution in [0, 0.1) is 11.8 Å². The first kappa shape index (κ1) is 18.6. The maximum absolute atomic E-state index is 13.2. The zero-order valence-corrected chi connectivity index (χ0v) is 17.2. The van der Waals surface area contributed by atoms with Gasteiger partial charge in [0.2, 0.25) is 0 Å². The van der Waals surface area contributed by atoms with Crippen LogP contribution < -0.4 is 5.32 Å². The molecule has 0 amide bonds. The number of rotatable bonds is 4. The molecule has 6 heteroatoms. The second-order valence-corrected chi connectivity index (χ2v) is 8.78. The third kappa shape index (κ3) is 4.01. The monoisotopic (exact) mass is 408 g/mol. The zero-order chi connectivity index (χ0) is 19.8. The second kappa shape index (κ2) is 7.79. The van der Waals surface area contributed by atoms with Gasteiger partial charge in [-0.15, -0.1) is 0 Å². The summed E-state index contributed by atoms with van der Waals surface area (Å²) in [6, 6.07) is 3.65. The predicted octanol–water partition coefficient (Wildman–Crippen LogP) is 5.09. The number of aliphatic imine (C=N–C) groups is 1. The van der Waals surface area contributed by atoms with E-state index in [2.05, 4.69) is 21.4 Å². The highest BCUT2D eigenvalue weighted by molar-refractivity contribution is 6.29. The van der Waals surface area contributed by atoms with Crippen LogP contribution in [0.15, 0.2) is 58.3 Å². The highest BCUT2D eigenvalue weighted by Gasteiger charge is 2.35. The number of hydrogen-bond donors (Lipinski definition) is 1. The van der Waals surface area contributed by atoms with Gasteiger partial charge in [0.25, 0.3) is 0 Å². The van der Waals surface area contributed by atoms with Gasteiger partial charge in [-0.1, -0.05) is 30.9 Å². The number of nitrogens with zero attached hydrogens (tertiary/aromatic N) is 3. The van der Waals surface area contributed by atoms with E-state index in [4.69, 9.17) is 16.6 Å². The Bertz CT molecular complexity index is 934. The van der Waals surface area contributed by atoms with Gasteiger partial charge in [0.1, 0.15) is 11.0 Å². The quantitative estimate of drug-likeness (QED) is 0.705. The lowest BCUT2D eigenvalue weighted by atomic mass is 9.81. The Kier molecular flexibility index (Phi) is 5.00. The van der Waals surface area contributed by atoms with Crippen molar-refractivity contribution in [3.63, 3.8) is 0 Å². The van der Waals surface area contributed by atoms with Crippen molar-refractivity contribution < 1.29 is 4.79 Å². The molecular formula is C23H25ClN4O. The maximum Gasteiger partial charge on any atom is 0.185 e. The largest absolute Gasteiger partial charge is 0.352 e. The molecule has 2 fully saturated rings. The molecule has 4 aliphatic rings. The van der Waals surface area contributed by atoms with Crippen LogP contribution in [0.3, 0.4) is 0 Å². The van der Waals surface area contributed by atoms with Crippen LogP contribution in [-0.2, 0) is 4.79 Å². The number of allylic oxidation sites excluding steroid dienone is 3. The standard InChI is InChI=1S/C23H25ClN4O/c24-21-9-8-18(11-25-21)27-19-12-26-23-22(16-4-2-1-3-5-16)20(29)10-17(15-6-7-15)13-28(23)14-19/h8-12,14-16,27H,1-7,13H2. The molecule has 5 rings (SSSR count). The molecule has 2 saturated carbocycles. The second-order valence-electron chi connectivity index (χ2n) is 8.40. The van der Waals surface area contributed by atoms with Gasteiger partial charge in [-0.25, -0.2) is 9.98 Å². The molecule has 0 saturated heterocycles. The van der Waals surface area contributed by atoms with Crippen LogP contribution >= 0.6 is 11.6 Å². The number of hydrogen-bond acceptors (Lipinski definition) is 5. The smallest absolute Gasteiger partial charge is 0.185 e. The van der Waals surface area contributed by atoms with Gasteiger partial charge in [0.15, 0.2) is 5.78 Å². The van der Waals surface area contributed by atoms with Crippen molar-refractivity contribution in [1.29, 1.82) is 0 Å². The van der Waals surface area contributed by atoms with E-state index in [9.17, 15) is 4.79 Å². The van der Waals surface area contributed by atoms with Crippen molar-refractivity contribution in [2.24, 2.45) is 16.8 Å². The van der Waals surface area contributed by atoms with E-state index in [1.807, 2.05) is 18.4 Å². The van der Waals surface area contributed by atoms with Gasteiger partial charge in [-0.3, -0.25) is 4.79 Å². The van der Waals surface area contributed by atoms with Crippen molar-refractivity contribution in [3.8, 4) is 0 Å². The molecule has 29 heavy (non-hydrogen) atoms. The van der Waals surface area contributed by atoms with Crippen molar-refractivity contribution in [3.05, 3.63) is 58.4 Å². The third-order valence-electron chi connectivity index (χ3n) is 6.20. The lowest BCUT2D eigenvalue weighted by Crippen LogP contribution is -2.27. The summed E-state index contributed by atoms with van der Waals surface area (Å²) in [6.45, 7) is 0.739. The number of anilines is 1. The first-order chi connectivity index (χ1) is 14.2. The minimum atomic E-state index is 0.181. The lowest BCUT2D eigenvalue weighted by molar-refractivity contribution is -0.112. The van der Waals surface area contributed by atoms with Crippen molar-refractivity contribution in [2.45, 2.75) is 44.9 Å². The number of fused-ring (bicyclic) bond motifs is 1. The Morgan fingerprint density at radius 2 is 1.90 bits per heavy atom. The van der Waals surface area contributed by atoms with E-state index < -0.39 is 0 Å². The molecule has 0 bridgehead atoms. The summed E-state index contributed by atoms with van der Waals surface area (Å²) in [5.74, 6) is 1.90. The molecule has 0 radical (unpaired) electrons. The van der Waals surface area contributed by atoms with Crippen LogP contribution in [0.25, 0.3) is 0 Å². The predicted molar refractivity (Wildman–Crippen MR) is 116 cm³/mol. The van der Waals surface area contributed by atoms with Crippen LogP contribution in [0.4, 0.5) is 5.69 Å². The summed E-state index contributed by atoms with van der Waals surface area (Å²) >= 11 is 5.89. The molecule has 0 aromatic carbocycles. The molecule has 1 N–H and O–H groups in total. The fraction of sp³-hybridized carbons (Fsp3) is 0.435. The Balaban J connectivity index is 1.48. The number of ketones is 1. The Morgan fingerprint density at radius 1 is 1.07 bits per heavy atom. The molecule has 0 spiro atoms. The number of aromatic nitrogens is 1. The van der Waals surface area contributed by atoms with Crippen LogP contribution in [0.2, 0.25) is 5.15 Å². The minimum absolute atomic E-state index is 0.181. The molecule has 0 unspecified atom stereocenters. The molecular weight excluding hydrogens is 384 g/mol. The zero-order valence-electron chi connectivity index (χ0n) is 16.4. The summed E-state index contributed by atoms with van der Waals surface area (Å²) < 4.78 is 0. The highest BCUT2D eigenvalue weighted by atomic mass is 35.5. The number of halogens is 1. The number of carbonyl (C=O) groups excluding carboxylic acids is 1. The molecule has 5 nitrogen and oxygen atoms in total. The molecule has 2 aliphatic carbocycles. The maximum atomic E-state index is 13.2. The Hall–Kier alpha value is -2.40. The van der Waals surface area contributed by atoms with Crippen molar-refractivity contribution >= 4 is 29.3 Å². The molecule has 1 aromatic rings. The molecule has 1 aromatic heterocycles. The fourth-order valence-corrected chi connectivity index (χ4v) is 4.68. The van der Waals surface area contributed by atoms with Gasteiger partial charge in [-0.2, -0.15) is 0 Å². The number of nitrogens with one attached hydrogen (secondary N) is 1. The minimum Gasteiger partial charge on any atom is -0.352 e. The average molecular weight is 409 g/mol. The summed E-state index contributed by atoms with van der Waals surface area (Å²) in [7, 11) is 0. The van der Waals surface area contributed by atoms with Gasteiger partial charge in [0, 0.05) is 18.3 Å². The molecule has 0 atom stereocenters. The average Bonchev–Trinajstić information content (AvgIpc) is 3.57. The molecule has 150 valence electrons. The van der Waals surface area contributed by atoms with E-state index in [1.165, 1.54) is 37.7 Å². The van der Waals surface area contributed by atoms with E-state index in [0.717, 1.165) is 42.2 Å². The van der Waals surface area contributed by atoms with Crippen LogP contribution in [0.5, 0.6) is 0 Å². The summed E-state index contributed by atoms with van der Waals surface area (Å²) in [5.41, 5.74) is 3.90. The number of carbonyl (C=O) groups is 1.